The van der Waals surface area contributed by atoms with Crippen molar-refractivity contribution < 1.29 is 4.74 Å². The molecule has 0 aliphatic heterocycles. The lowest BCUT2D eigenvalue weighted by atomic mass is 10.2. The molecule has 0 aliphatic rings. The van der Waals surface area contributed by atoms with E-state index in [0.29, 0.717) is 0 Å². The molecule has 0 bridgehead atoms. The van der Waals surface area contributed by atoms with Crippen molar-refractivity contribution in [2.75, 3.05) is 19.5 Å². The molecule has 0 aliphatic carbocycles. The standard InChI is InChI=1S/C12H13BrN2OS/c1-7-11(14-2)17-12(15-7)9-6-8(13)4-5-10(9)16-3/h4-6,14H,1-3H3. The first-order valence-electron chi connectivity index (χ1n) is 5.14. The third-order valence-corrected chi connectivity index (χ3v) is 4.12. The van der Waals surface area contributed by atoms with Crippen molar-refractivity contribution in [1.29, 1.82) is 0 Å². The van der Waals surface area contributed by atoms with Crippen LogP contribution in [0.25, 0.3) is 10.6 Å². The number of anilines is 1. The lowest BCUT2D eigenvalue weighted by Crippen LogP contribution is -1.87. The summed E-state index contributed by atoms with van der Waals surface area (Å²) in [6.07, 6.45) is 0. The van der Waals surface area contributed by atoms with Crippen LogP contribution in [-0.2, 0) is 0 Å². The van der Waals surface area contributed by atoms with E-state index in [9.17, 15) is 0 Å². The van der Waals surface area contributed by atoms with Crippen molar-refractivity contribution in [1.82, 2.24) is 4.98 Å². The van der Waals surface area contributed by atoms with Gasteiger partial charge in [-0.2, -0.15) is 0 Å². The largest absolute Gasteiger partial charge is 0.496 e. The number of aryl methyl sites for hydroxylation is 1. The average molecular weight is 313 g/mol. The van der Waals surface area contributed by atoms with E-state index >= 15 is 0 Å². The van der Waals surface area contributed by atoms with Gasteiger partial charge in [0.15, 0.2) is 0 Å². The predicted molar refractivity (Wildman–Crippen MR) is 76.1 cm³/mol. The number of ether oxygens (including phenoxy) is 1. The van der Waals surface area contributed by atoms with Gasteiger partial charge >= 0.3 is 0 Å². The third-order valence-electron chi connectivity index (χ3n) is 2.42. The van der Waals surface area contributed by atoms with Crippen LogP contribution in [0.1, 0.15) is 5.69 Å². The van der Waals surface area contributed by atoms with Gasteiger partial charge in [-0.1, -0.05) is 27.3 Å². The molecule has 2 aromatic rings. The zero-order valence-corrected chi connectivity index (χ0v) is 12.3. The van der Waals surface area contributed by atoms with E-state index in [1.54, 1.807) is 18.4 Å². The molecule has 0 fully saturated rings. The van der Waals surface area contributed by atoms with E-state index < -0.39 is 0 Å². The summed E-state index contributed by atoms with van der Waals surface area (Å²) >= 11 is 5.10. The van der Waals surface area contributed by atoms with Crippen molar-refractivity contribution >= 4 is 32.3 Å². The Bertz CT molecular complexity index is 539. The molecular weight excluding hydrogens is 300 g/mol. The molecular formula is C12H13BrN2OS. The fourth-order valence-electron chi connectivity index (χ4n) is 1.59. The van der Waals surface area contributed by atoms with Crippen LogP contribution in [0, 0.1) is 6.92 Å². The molecule has 0 radical (unpaired) electrons. The van der Waals surface area contributed by atoms with Gasteiger partial charge in [0.1, 0.15) is 15.8 Å². The number of halogens is 1. The first kappa shape index (κ1) is 12.4. The number of aromatic nitrogens is 1. The fraction of sp³-hybridized carbons (Fsp3) is 0.250. The molecule has 3 nitrogen and oxygen atoms in total. The predicted octanol–water partition coefficient (Wildman–Crippen LogP) is 3.93. The molecule has 1 aromatic carbocycles. The summed E-state index contributed by atoms with van der Waals surface area (Å²) in [6, 6.07) is 5.92. The van der Waals surface area contributed by atoms with Crippen LogP contribution < -0.4 is 10.1 Å². The topological polar surface area (TPSA) is 34.1 Å². The molecule has 0 saturated heterocycles. The highest BCUT2D eigenvalue weighted by Crippen LogP contribution is 2.37. The number of rotatable bonds is 3. The molecule has 1 heterocycles. The Morgan fingerprint density at radius 3 is 2.76 bits per heavy atom. The van der Waals surface area contributed by atoms with Gasteiger partial charge in [0, 0.05) is 11.5 Å². The van der Waals surface area contributed by atoms with Crippen LogP contribution in [0.4, 0.5) is 5.00 Å². The molecule has 0 atom stereocenters. The van der Waals surface area contributed by atoms with Crippen LogP contribution in [0.2, 0.25) is 0 Å². The van der Waals surface area contributed by atoms with Crippen molar-refractivity contribution in [3.63, 3.8) is 0 Å². The minimum atomic E-state index is 0.838. The Hall–Kier alpha value is -1.07. The van der Waals surface area contributed by atoms with E-state index in [1.165, 1.54) is 0 Å². The van der Waals surface area contributed by atoms with Gasteiger partial charge in [0.25, 0.3) is 0 Å². The summed E-state index contributed by atoms with van der Waals surface area (Å²) in [6.45, 7) is 2.00. The van der Waals surface area contributed by atoms with Gasteiger partial charge in [-0.3, -0.25) is 0 Å². The van der Waals surface area contributed by atoms with Crippen LogP contribution in [-0.4, -0.2) is 19.1 Å². The van der Waals surface area contributed by atoms with Gasteiger partial charge < -0.3 is 10.1 Å². The minimum absolute atomic E-state index is 0.838. The van der Waals surface area contributed by atoms with Crippen molar-refractivity contribution in [2.45, 2.75) is 6.92 Å². The molecule has 17 heavy (non-hydrogen) atoms. The first-order chi connectivity index (χ1) is 8.15. The number of methoxy groups -OCH3 is 1. The average Bonchev–Trinajstić information content (AvgIpc) is 2.70. The summed E-state index contributed by atoms with van der Waals surface area (Å²) in [4.78, 5) is 4.56. The fourth-order valence-corrected chi connectivity index (χ4v) is 2.89. The second-order valence-corrected chi connectivity index (χ2v) is 5.44. The maximum absolute atomic E-state index is 5.36. The maximum atomic E-state index is 5.36. The van der Waals surface area contributed by atoms with E-state index in [1.807, 2.05) is 32.2 Å². The van der Waals surface area contributed by atoms with Crippen LogP contribution in [0.5, 0.6) is 5.75 Å². The normalized spacial score (nSPS) is 10.4. The molecule has 5 heteroatoms. The number of nitrogens with one attached hydrogen (secondary N) is 1. The number of benzene rings is 1. The molecule has 1 N–H and O–H groups in total. The lowest BCUT2D eigenvalue weighted by Gasteiger charge is -2.05. The van der Waals surface area contributed by atoms with E-state index in [-0.39, 0.29) is 0 Å². The van der Waals surface area contributed by atoms with E-state index in [2.05, 4.69) is 26.2 Å². The molecule has 0 amide bonds. The summed E-state index contributed by atoms with van der Waals surface area (Å²) in [5.74, 6) is 0.838. The van der Waals surface area contributed by atoms with E-state index in [4.69, 9.17) is 4.74 Å². The highest BCUT2D eigenvalue weighted by molar-refractivity contribution is 9.10. The van der Waals surface area contributed by atoms with Gasteiger partial charge in [-0.25, -0.2) is 4.98 Å². The summed E-state index contributed by atoms with van der Waals surface area (Å²) in [7, 11) is 3.58. The zero-order valence-electron chi connectivity index (χ0n) is 9.87. The van der Waals surface area contributed by atoms with E-state index in [0.717, 1.165) is 31.5 Å². The summed E-state index contributed by atoms with van der Waals surface area (Å²) < 4.78 is 6.38. The monoisotopic (exact) mass is 312 g/mol. The van der Waals surface area contributed by atoms with Crippen LogP contribution in [0.15, 0.2) is 22.7 Å². The van der Waals surface area contributed by atoms with Crippen LogP contribution >= 0.6 is 27.3 Å². The third kappa shape index (κ3) is 2.45. The zero-order chi connectivity index (χ0) is 12.4. The Kier molecular flexibility index (Phi) is 3.69. The number of hydrogen-bond acceptors (Lipinski definition) is 4. The number of hydrogen-bond donors (Lipinski definition) is 1. The lowest BCUT2D eigenvalue weighted by molar-refractivity contribution is 0.416. The maximum Gasteiger partial charge on any atom is 0.129 e. The van der Waals surface area contributed by atoms with Crippen molar-refractivity contribution in [3.05, 3.63) is 28.4 Å². The number of thiazole rings is 1. The van der Waals surface area contributed by atoms with Gasteiger partial charge in [0.2, 0.25) is 0 Å². The Morgan fingerprint density at radius 1 is 1.41 bits per heavy atom. The highest BCUT2D eigenvalue weighted by atomic mass is 79.9. The summed E-state index contributed by atoms with van der Waals surface area (Å²) in [5.41, 5.74) is 2.02. The quantitative estimate of drug-likeness (QED) is 0.932. The molecule has 0 unspecified atom stereocenters. The van der Waals surface area contributed by atoms with Crippen molar-refractivity contribution in [3.8, 4) is 16.3 Å². The first-order valence-corrected chi connectivity index (χ1v) is 6.75. The van der Waals surface area contributed by atoms with Crippen LogP contribution in [0.3, 0.4) is 0 Å². The van der Waals surface area contributed by atoms with Crippen molar-refractivity contribution in [2.24, 2.45) is 0 Å². The molecule has 0 saturated carbocycles. The van der Waals surface area contributed by atoms with Gasteiger partial charge in [-0.05, 0) is 25.1 Å². The second kappa shape index (κ2) is 5.06. The van der Waals surface area contributed by atoms with Gasteiger partial charge in [-0.15, -0.1) is 0 Å². The molecule has 2 rings (SSSR count). The minimum Gasteiger partial charge on any atom is -0.496 e. The number of nitrogens with zero attached hydrogens (tertiary/aromatic N) is 1. The molecule has 0 spiro atoms. The van der Waals surface area contributed by atoms with Gasteiger partial charge in [0.05, 0.1) is 18.4 Å². The Balaban J connectivity index is 2.54. The summed E-state index contributed by atoms with van der Waals surface area (Å²) in [5, 5.41) is 5.19. The SMILES string of the molecule is CNc1sc(-c2cc(Br)ccc2OC)nc1C. The highest BCUT2D eigenvalue weighted by Gasteiger charge is 2.13. The molecule has 90 valence electrons. The Labute approximate surface area is 113 Å². The molecule has 1 aromatic heterocycles. The second-order valence-electron chi connectivity index (χ2n) is 3.53. The smallest absolute Gasteiger partial charge is 0.129 e. The Morgan fingerprint density at radius 2 is 2.18 bits per heavy atom.